The molecule has 0 saturated heterocycles. The first-order valence-electron chi connectivity index (χ1n) is 5.78. The summed E-state index contributed by atoms with van der Waals surface area (Å²) >= 11 is 15.5. The van der Waals surface area contributed by atoms with Crippen LogP contribution in [0.15, 0.2) is 40.9 Å². The molecule has 0 unspecified atom stereocenters. The molecule has 20 heavy (non-hydrogen) atoms. The summed E-state index contributed by atoms with van der Waals surface area (Å²) in [6, 6.07) is 9.89. The van der Waals surface area contributed by atoms with Gasteiger partial charge in [-0.15, -0.1) is 11.6 Å². The highest BCUT2D eigenvalue weighted by Gasteiger charge is 2.15. The molecule has 0 N–H and O–H groups in total. The fourth-order valence-electron chi connectivity index (χ4n) is 2.12. The Kier molecular flexibility index (Phi) is 3.71. The van der Waals surface area contributed by atoms with Crippen molar-refractivity contribution >= 4 is 50.2 Å². The molecule has 3 aromatic rings. The standard InChI is InChI=1S/C14H8BrCl2FN2/c15-8-1-4-12-11(5-8)19-14(7-16)20(12)13-6-9(18)2-3-10(13)17/h1-6H,7H2. The molecule has 6 heteroatoms. The van der Waals surface area contributed by atoms with Crippen LogP contribution >= 0.6 is 39.1 Å². The summed E-state index contributed by atoms with van der Waals surface area (Å²) in [6.45, 7) is 0. The summed E-state index contributed by atoms with van der Waals surface area (Å²) in [5, 5.41) is 0.444. The van der Waals surface area contributed by atoms with Gasteiger partial charge >= 0.3 is 0 Å². The van der Waals surface area contributed by atoms with Gasteiger partial charge in [0.1, 0.15) is 11.6 Å². The van der Waals surface area contributed by atoms with Crippen molar-refractivity contribution in [2.45, 2.75) is 5.88 Å². The van der Waals surface area contributed by atoms with E-state index in [9.17, 15) is 4.39 Å². The molecule has 2 nitrogen and oxygen atoms in total. The van der Waals surface area contributed by atoms with Gasteiger partial charge in [0.2, 0.25) is 0 Å². The molecule has 0 radical (unpaired) electrons. The van der Waals surface area contributed by atoms with Crippen molar-refractivity contribution in [2.24, 2.45) is 0 Å². The minimum absolute atomic E-state index is 0.207. The third kappa shape index (κ3) is 2.32. The van der Waals surface area contributed by atoms with E-state index in [4.69, 9.17) is 23.2 Å². The minimum Gasteiger partial charge on any atom is -0.294 e. The largest absolute Gasteiger partial charge is 0.294 e. The predicted molar refractivity (Wildman–Crippen MR) is 83.3 cm³/mol. The molecule has 0 bridgehead atoms. The van der Waals surface area contributed by atoms with Crippen molar-refractivity contribution in [1.29, 1.82) is 0 Å². The van der Waals surface area contributed by atoms with Crippen LogP contribution in [-0.4, -0.2) is 9.55 Å². The van der Waals surface area contributed by atoms with Gasteiger partial charge in [-0.05, 0) is 36.4 Å². The zero-order chi connectivity index (χ0) is 14.3. The maximum absolute atomic E-state index is 13.5. The second-order valence-corrected chi connectivity index (χ2v) is 5.82. The van der Waals surface area contributed by atoms with E-state index in [0.29, 0.717) is 16.5 Å². The van der Waals surface area contributed by atoms with Crippen LogP contribution in [0.25, 0.3) is 16.7 Å². The average Bonchev–Trinajstić information content (AvgIpc) is 2.78. The Labute approximate surface area is 133 Å². The van der Waals surface area contributed by atoms with Gasteiger partial charge in [0.15, 0.2) is 0 Å². The lowest BCUT2D eigenvalue weighted by atomic mass is 10.2. The number of alkyl halides is 1. The van der Waals surface area contributed by atoms with Gasteiger partial charge in [0.25, 0.3) is 0 Å². The van der Waals surface area contributed by atoms with Crippen molar-refractivity contribution in [3.05, 3.63) is 57.5 Å². The normalized spacial score (nSPS) is 11.2. The third-order valence-corrected chi connectivity index (χ3v) is 4.01. The van der Waals surface area contributed by atoms with E-state index in [0.717, 1.165) is 15.5 Å². The molecule has 2 aromatic carbocycles. The van der Waals surface area contributed by atoms with Crippen molar-refractivity contribution in [1.82, 2.24) is 9.55 Å². The zero-order valence-corrected chi connectivity index (χ0v) is 13.2. The fraction of sp³-hybridized carbons (Fsp3) is 0.0714. The lowest BCUT2D eigenvalue weighted by Crippen LogP contribution is -2.00. The van der Waals surface area contributed by atoms with Crippen LogP contribution in [-0.2, 0) is 5.88 Å². The van der Waals surface area contributed by atoms with Gasteiger partial charge in [-0.1, -0.05) is 27.5 Å². The molecule has 0 spiro atoms. The Morgan fingerprint density at radius 2 is 2.00 bits per heavy atom. The summed E-state index contributed by atoms with van der Waals surface area (Å²) in [5.41, 5.74) is 2.14. The molecular formula is C14H8BrCl2FN2. The molecule has 0 aliphatic carbocycles. The second kappa shape index (κ2) is 5.35. The Hall–Kier alpha value is -1.10. The highest BCUT2D eigenvalue weighted by molar-refractivity contribution is 9.10. The molecule has 0 amide bonds. The van der Waals surface area contributed by atoms with Crippen molar-refractivity contribution < 1.29 is 4.39 Å². The van der Waals surface area contributed by atoms with Gasteiger partial charge in [-0.3, -0.25) is 4.57 Å². The number of rotatable bonds is 2. The number of aromatic nitrogens is 2. The van der Waals surface area contributed by atoms with Crippen LogP contribution in [0.5, 0.6) is 0 Å². The highest BCUT2D eigenvalue weighted by atomic mass is 79.9. The number of benzene rings is 2. The van der Waals surface area contributed by atoms with Crippen LogP contribution in [0.2, 0.25) is 5.02 Å². The number of hydrogen-bond acceptors (Lipinski definition) is 1. The molecule has 1 aromatic heterocycles. The molecule has 0 fully saturated rings. The summed E-state index contributed by atoms with van der Waals surface area (Å²) in [5.74, 6) is 0.468. The van der Waals surface area contributed by atoms with E-state index in [2.05, 4.69) is 20.9 Å². The second-order valence-electron chi connectivity index (χ2n) is 4.23. The van der Waals surface area contributed by atoms with Crippen molar-refractivity contribution in [3.8, 4) is 5.69 Å². The molecule has 1 heterocycles. The van der Waals surface area contributed by atoms with Crippen LogP contribution in [0.4, 0.5) is 4.39 Å². The number of nitrogens with zero attached hydrogens (tertiary/aromatic N) is 2. The average molecular weight is 374 g/mol. The first-order chi connectivity index (χ1) is 9.60. The maximum atomic E-state index is 13.5. The Balaban J connectivity index is 2.37. The van der Waals surface area contributed by atoms with Crippen LogP contribution < -0.4 is 0 Å². The van der Waals surface area contributed by atoms with Gasteiger partial charge in [0.05, 0.1) is 27.6 Å². The first-order valence-corrected chi connectivity index (χ1v) is 7.49. The van der Waals surface area contributed by atoms with Crippen LogP contribution in [0.3, 0.4) is 0 Å². The van der Waals surface area contributed by atoms with Crippen LogP contribution in [0, 0.1) is 5.82 Å². The smallest absolute Gasteiger partial charge is 0.129 e. The maximum Gasteiger partial charge on any atom is 0.129 e. The van der Waals surface area contributed by atoms with E-state index in [-0.39, 0.29) is 11.7 Å². The quantitative estimate of drug-likeness (QED) is 0.556. The molecule has 0 aliphatic rings. The third-order valence-electron chi connectivity index (χ3n) is 2.95. The van der Waals surface area contributed by atoms with Gasteiger partial charge in [-0.2, -0.15) is 0 Å². The van der Waals surface area contributed by atoms with E-state index < -0.39 is 0 Å². The summed E-state index contributed by atoms with van der Waals surface area (Å²) in [4.78, 5) is 4.46. The molecule has 0 aliphatic heterocycles. The SMILES string of the molecule is Fc1ccc(Cl)c(-n2c(CCl)nc3cc(Br)ccc32)c1. The molecule has 102 valence electrons. The minimum atomic E-state index is -0.358. The molecule has 0 saturated carbocycles. The number of imidazole rings is 1. The van der Waals surface area contributed by atoms with E-state index in [1.165, 1.54) is 18.2 Å². The number of hydrogen-bond donors (Lipinski definition) is 0. The fourth-order valence-corrected chi connectivity index (χ4v) is 2.85. The first kappa shape index (κ1) is 13.9. The number of halogens is 4. The highest BCUT2D eigenvalue weighted by Crippen LogP contribution is 2.29. The molecular weight excluding hydrogens is 366 g/mol. The lowest BCUT2D eigenvalue weighted by molar-refractivity contribution is 0.626. The topological polar surface area (TPSA) is 17.8 Å². The van der Waals surface area contributed by atoms with E-state index >= 15 is 0 Å². The predicted octanol–water partition coefficient (Wildman–Crippen LogP) is 5.32. The van der Waals surface area contributed by atoms with Crippen molar-refractivity contribution in [3.63, 3.8) is 0 Å². The van der Waals surface area contributed by atoms with Gasteiger partial charge < -0.3 is 0 Å². The molecule has 3 rings (SSSR count). The Morgan fingerprint density at radius 3 is 2.75 bits per heavy atom. The van der Waals surface area contributed by atoms with Crippen LogP contribution in [0.1, 0.15) is 5.82 Å². The van der Waals surface area contributed by atoms with Gasteiger partial charge in [-0.25, -0.2) is 9.37 Å². The van der Waals surface area contributed by atoms with E-state index in [1.807, 2.05) is 18.2 Å². The number of fused-ring (bicyclic) bond motifs is 1. The van der Waals surface area contributed by atoms with E-state index in [1.54, 1.807) is 4.57 Å². The monoisotopic (exact) mass is 372 g/mol. The Morgan fingerprint density at radius 1 is 1.20 bits per heavy atom. The molecule has 0 atom stereocenters. The zero-order valence-electron chi connectivity index (χ0n) is 10.1. The summed E-state index contributed by atoms with van der Waals surface area (Å²) in [6.07, 6.45) is 0. The Bertz CT molecular complexity index is 801. The van der Waals surface area contributed by atoms with Crippen molar-refractivity contribution in [2.75, 3.05) is 0 Å². The lowest BCUT2D eigenvalue weighted by Gasteiger charge is -2.10. The summed E-state index contributed by atoms with van der Waals surface area (Å²) in [7, 11) is 0. The van der Waals surface area contributed by atoms with Gasteiger partial charge in [0, 0.05) is 4.47 Å². The summed E-state index contributed by atoms with van der Waals surface area (Å²) < 4.78 is 16.2.